The maximum absolute atomic E-state index is 11.2. The summed E-state index contributed by atoms with van der Waals surface area (Å²) >= 11 is 0. The number of pyridine rings is 2. The number of benzene rings is 1. The lowest BCUT2D eigenvalue weighted by molar-refractivity contribution is 0.0699. The molecular weight excluding hydrogens is 266 g/mol. The van der Waals surface area contributed by atoms with E-state index in [2.05, 4.69) is 15.3 Å². The van der Waals surface area contributed by atoms with E-state index in [1.807, 2.05) is 19.1 Å². The van der Waals surface area contributed by atoms with Gasteiger partial charge in [0.25, 0.3) is 0 Å². The number of carbonyl (C=O) groups is 1. The van der Waals surface area contributed by atoms with Gasteiger partial charge in [-0.1, -0.05) is 6.07 Å². The molecule has 0 saturated carbocycles. The van der Waals surface area contributed by atoms with E-state index in [-0.39, 0.29) is 5.56 Å². The second-order valence-electron chi connectivity index (χ2n) is 4.64. The van der Waals surface area contributed by atoms with E-state index in [1.54, 1.807) is 36.5 Å². The Labute approximate surface area is 121 Å². The average molecular weight is 279 g/mol. The summed E-state index contributed by atoms with van der Waals surface area (Å²) in [4.78, 5) is 19.8. The Bertz CT molecular complexity index is 831. The first-order valence-electron chi connectivity index (χ1n) is 6.47. The predicted molar refractivity (Wildman–Crippen MR) is 81.0 cm³/mol. The molecule has 0 aliphatic rings. The van der Waals surface area contributed by atoms with Crippen LogP contribution in [-0.4, -0.2) is 21.0 Å². The van der Waals surface area contributed by atoms with Crippen molar-refractivity contribution in [3.05, 3.63) is 59.9 Å². The molecule has 2 heterocycles. The number of fused-ring (bicyclic) bond motifs is 1. The van der Waals surface area contributed by atoms with Crippen molar-refractivity contribution < 1.29 is 9.90 Å². The molecule has 2 aromatic heterocycles. The molecule has 0 bridgehead atoms. The van der Waals surface area contributed by atoms with Gasteiger partial charge >= 0.3 is 5.97 Å². The van der Waals surface area contributed by atoms with Crippen molar-refractivity contribution >= 4 is 28.4 Å². The van der Waals surface area contributed by atoms with Gasteiger partial charge in [-0.05, 0) is 43.3 Å². The Morgan fingerprint density at radius 3 is 2.76 bits per heavy atom. The van der Waals surface area contributed by atoms with E-state index in [1.165, 1.54) is 0 Å². The number of nitrogens with zero attached hydrogens (tertiary/aromatic N) is 2. The minimum Gasteiger partial charge on any atom is -0.478 e. The molecule has 0 aliphatic carbocycles. The fraction of sp³-hybridized carbons (Fsp3) is 0.0625. The van der Waals surface area contributed by atoms with Crippen molar-refractivity contribution in [2.75, 3.05) is 5.32 Å². The monoisotopic (exact) mass is 279 g/mol. The number of carboxylic acid groups (broad SMARTS) is 1. The molecule has 0 aliphatic heterocycles. The first-order valence-corrected chi connectivity index (χ1v) is 6.47. The lowest BCUT2D eigenvalue weighted by Gasteiger charge is -2.09. The number of aromatic nitrogens is 2. The van der Waals surface area contributed by atoms with Gasteiger partial charge in [0.1, 0.15) is 5.82 Å². The van der Waals surface area contributed by atoms with Gasteiger partial charge in [-0.3, -0.25) is 4.98 Å². The quantitative estimate of drug-likeness (QED) is 0.768. The molecule has 3 aromatic rings. The summed E-state index contributed by atoms with van der Waals surface area (Å²) in [6, 6.07) is 12.4. The van der Waals surface area contributed by atoms with Crippen LogP contribution in [-0.2, 0) is 0 Å². The van der Waals surface area contributed by atoms with E-state index >= 15 is 0 Å². The molecule has 0 fully saturated rings. The van der Waals surface area contributed by atoms with E-state index in [4.69, 9.17) is 0 Å². The smallest absolute Gasteiger partial charge is 0.336 e. The third kappa shape index (κ3) is 2.53. The number of hydrogen-bond donors (Lipinski definition) is 2. The van der Waals surface area contributed by atoms with E-state index in [0.717, 1.165) is 11.4 Å². The van der Waals surface area contributed by atoms with Gasteiger partial charge in [0.2, 0.25) is 0 Å². The summed E-state index contributed by atoms with van der Waals surface area (Å²) in [5.41, 5.74) is 2.64. The maximum atomic E-state index is 11.2. The van der Waals surface area contributed by atoms with E-state index in [9.17, 15) is 9.90 Å². The van der Waals surface area contributed by atoms with Crippen molar-refractivity contribution in [1.29, 1.82) is 0 Å². The average Bonchev–Trinajstić information content (AvgIpc) is 2.48. The highest BCUT2D eigenvalue weighted by Gasteiger charge is 2.09. The van der Waals surface area contributed by atoms with Gasteiger partial charge in [0, 0.05) is 11.6 Å². The van der Waals surface area contributed by atoms with Crippen LogP contribution in [0.1, 0.15) is 16.1 Å². The molecule has 0 amide bonds. The summed E-state index contributed by atoms with van der Waals surface area (Å²) < 4.78 is 0. The first kappa shape index (κ1) is 13.1. The largest absolute Gasteiger partial charge is 0.478 e. The van der Waals surface area contributed by atoms with Crippen LogP contribution in [0.3, 0.4) is 0 Å². The highest BCUT2D eigenvalue weighted by Crippen LogP contribution is 2.22. The summed E-state index contributed by atoms with van der Waals surface area (Å²) in [6.07, 6.45) is 1.73. The van der Waals surface area contributed by atoms with Crippen molar-refractivity contribution in [2.45, 2.75) is 6.92 Å². The first-order chi connectivity index (χ1) is 10.1. The number of rotatable bonds is 3. The number of hydrogen-bond acceptors (Lipinski definition) is 4. The molecule has 3 rings (SSSR count). The maximum Gasteiger partial charge on any atom is 0.336 e. The summed E-state index contributed by atoms with van der Waals surface area (Å²) in [6.45, 7) is 1.91. The van der Waals surface area contributed by atoms with Gasteiger partial charge in [-0.15, -0.1) is 0 Å². The van der Waals surface area contributed by atoms with Crippen LogP contribution in [0.5, 0.6) is 0 Å². The van der Waals surface area contributed by atoms with Crippen LogP contribution >= 0.6 is 0 Å². The Kier molecular flexibility index (Phi) is 3.23. The Morgan fingerprint density at radius 2 is 2.00 bits per heavy atom. The zero-order valence-corrected chi connectivity index (χ0v) is 11.4. The minimum atomic E-state index is -0.953. The number of carboxylic acids is 1. The van der Waals surface area contributed by atoms with Crippen LogP contribution in [0.25, 0.3) is 10.9 Å². The van der Waals surface area contributed by atoms with Crippen molar-refractivity contribution in [2.24, 2.45) is 0 Å². The van der Waals surface area contributed by atoms with Gasteiger partial charge in [0.05, 0.1) is 22.5 Å². The Hall–Kier alpha value is -2.95. The normalized spacial score (nSPS) is 10.5. The number of aromatic carboxylic acids is 1. The van der Waals surface area contributed by atoms with E-state index in [0.29, 0.717) is 16.7 Å². The number of aryl methyl sites for hydroxylation is 1. The second kappa shape index (κ2) is 5.20. The molecule has 0 unspecified atom stereocenters. The van der Waals surface area contributed by atoms with E-state index < -0.39 is 5.97 Å². The molecule has 21 heavy (non-hydrogen) atoms. The van der Waals surface area contributed by atoms with Crippen LogP contribution in [0.15, 0.2) is 48.7 Å². The molecule has 5 nitrogen and oxygen atoms in total. The third-order valence-corrected chi connectivity index (χ3v) is 3.23. The molecule has 0 atom stereocenters. The third-order valence-electron chi connectivity index (χ3n) is 3.23. The Balaban J connectivity index is 2.03. The summed E-state index contributed by atoms with van der Waals surface area (Å²) in [5.74, 6) is -0.299. The van der Waals surface area contributed by atoms with Gasteiger partial charge in [-0.25, -0.2) is 9.78 Å². The fourth-order valence-corrected chi connectivity index (χ4v) is 2.17. The van der Waals surface area contributed by atoms with Crippen LogP contribution in [0.4, 0.5) is 11.5 Å². The van der Waals surface area contributed by atoms with Gasteiger partial charge in [-0.2, -0.15) is 0 Å². The highest BCUT2D eigenvalue weighted by atomic mass is 16.4. The van der Waals surface area contributed by atoms with Crippen LogP contribution in [0.2, 0.25) is 0 Å². The lowest BCUT2D eigenvalue weighted by Crippen LogP contribution is -2.00. The molecule has 0 spiro atoms. The Morgan fingerprint density at radius 1 is 1.14 bits per heavy atom. The predicted octanol–water partition coefficient (Wildman–Crippen LogP) is 3.38. The van der Waals surface area contributed by atoms with Crippen molar-refractivity contribution in [3.63, 3.8) is 0 Å². The molecule has 5 heteroatoms. The van der Waals surface area contributed by atoms with Crippen molar-refractivity contribution in [1.82, 2.24) is 9.97 Å². The zero-order valence-electron chi connectivity index (χ0n) is 11.4. The fourth-order valence-electron chi connectivity index (χ4n) is 2.17. The molecule has 1 aromatic carbocycles. The standard InChI is InChI=1S/C16H13N3O2/c1-10-13(6-3-9-17-10)18-15-8-7-11-12(16(20)21)4-2-5-14(11)19-15/h2-9H,1H3,(H,18,19)(H,20,21). The summed E-state index contributed by atoms with van der Waals surface area (Å²) in [7, 11) is 0. The summed E-state index contributed by atoms with van der Waals surface area (Å²) in [5, 5.41) is 13.0. The van der Waals surface area contributed by atoms with Crippen molar-refractivity contribution in [3.8, 4) is 0 Å². The minimum absolute atomic E-state index is 0.254. The van der Waals surface area contributed by atoms with Gasteiger partial charge in [0.15, 0.2) is 0 Å². The van der Waals surface area contributed by atoms with Crippen LogP contribution < -0.4 is 5.32 Å². The SMILES string of the molecule is Cc1ncccc1Nc1ccc2c(C(=O)O)cccc2n1. The molecule has 0 radical (unpaired) electrons. The lowest BCUT2D eigenvalue weighted by atomic mass is 10.1. The number of nitrogens with one attached hydrogen (secondary N) is 1. The zero-order chi connectivity index (χ0) is 14.8. The molecule has 0 saturated heterocycles. The molecule has 104 valence electrons. The molecular formula is C16H13N3O2. The topological polar surface area (TPSA) is 75.1 Å². The highest BCUT2D eigenvalue weighted by molar-refractivity contribution is 6.02. The van der Waals surface area contributed by atoms with Crippen LogP contribution in [0, 0.1) is 6.92 Å². The second-order valence-corrected chi connectivity index (χ2v) is 4.64. The van der Waals surface area contributed by atoms with Gasteiger partial charge < -0.3 is 10.4 Å². The molecule has 2 N–H and O–H groups in total. The number of anilines is 2.